The maximum Gasteiger partial charge on any atom is 1.00 e. The molecule has 0 aromatic heterocycles. The summed E-state index contributed by atoms with van der Waals surface area (Å²) >= 11 is 0. The van der Waals surface area contributed by atoms with Gasteiger partial charge in [0.05, 0.1) is 0 Å². The summed E-state index contributed by atoms with van der Waals surface area (Å²) in [7, 11) is 0. The molecule has 0 aliphatic heterocycles. The molecule has 0 spiro atoms. The average molecular weight is 197 g/mol. The summed E-state index contributed by atoms with van der Waals surface area (Å²) in [5.41, 5.74) is 1.33. The predicted octanol–water partition coefficient (Wildman–Crippen LogP) is -0.728. The van der Waals surface area contributed by atoms with Gasteiger partial charge in [0.2, 0.25) is 0 Å². The Morgan fingerprint density at radius 1 is 1.00 bits per heavy atom. The van der Waals surface area contributed by atoms with Crippen molar-refractivity contribution in [2.24, 2.45) is 0 Å². The van der Waals surface area contributed by atoms with E-state index in [1.54, 1.807) is 0 Å². The van der Waals surface area contributed by atoms with Gasteiger partial charge in [-0.05, 0) is 0 Å². The van der Waals surface area contributed by atoms with Crippen LogP contribution in [0.3, 0.4) is 0 Å². The Labute approximate surface area is 154 Å². The van der Waals surface area contributed by atoms with Crippen molar-refractivity contribution in [2.45, 2.75) is 13.8 Å². The van der Waals surface area contributed by atoms with E-state index in [0.29, 0.717) is 0 Å². The average Bonchev–Trinajstić information content (AvgIpc) is 1.90. The summed E-state index contributed by atoms with van der Waals surface area (Å²) in [4.78, 5) is 0. The second-order valence-electron chi connectivity index (χ2n) is 2.37. The zero-order valence-electron chi connectivity index (χ0n) is 7.89. The van der Waals surface area contributed by atoms with E-state index in [1.165, 1.54) is 11.5 Å². The summed E-state index contributed by atoms with van der Waals surface area (Å²) in [5.74, 6) is 1.37. The molecule has 0 atom stereocenters. The van der Waals surface area contributed by atoms with Crippen molar-refractivity contribution in [3.63, 3.8) is 0 Å². The normalized spacial score (nSPS) is 7.45. The van der Waals surface area contributed by atoms with E-state index in [9.17, 15) is 0 Å². The quantitative estimate of drug-likeness (QED) is 0.411. The molecule has 0 nitrogen and oxygen atoms in total. The van der Waals surface area contributed by atoms with Gasteiger partial charge in [0, 0.05) is 51.4 Å². The summed E-state index contributed by atoms with van der Waals surface area (Å²) in [6.07, 6.45) is 0. The topological polar surface area (TPSA) is 0 Å². The van der Waals surface area contributed by atoms with E-state index >= 15 is 0 Å². The molecule has 1 aromatic carbocycles. The molecule has 11 heavy (non-hydrogen) atoms. The van der Waals surface area contributed by atoms with Crippen LogP contribution in [0.4, 0.5) is 0 Å². The van der Waals surface area contributed by atoms with Crippen molar-refractivity contribution in [2.75, 3.05) is 0 Å². The molecular weight excluding hydrogens is 186 g/mol. The van der Waals surface area contributed by atoms with Crippen LogP contribution >= 0.6 is 0 Å². The fourth-order valence-electron chi connectivity index (χ4n) is 0.771. The largest absolute Gasteiger partial charge is 1.00 e. The smallest absolute Gasteiger partial charge is 0.189 e. The molecule has 1 radical (unpaired) electrons. The molecule has 0 saturated carbocycles. The van der Waals surface area contributed by atoms with Gasteiger partial charge in [-0.2, -0.15) is 23.6 Å². The van der Waals surface area contributed by atoms with Crippen LogP contribution in [0.2, 0.25) is 0 Å². The van der Waals surface area contributed by atoms with Crippen LogP contribution in [-0.2, 0) is 0 Å². The molecule has 49 valence electrons. The van der Waals surface area contributed by atoms with Crippen LogP contribution < -0.4 is 51.4 Å². The Bertz CT molecular complexity index is 170. The summed E-state index contributed by atoms with van der Waals surface area (Å²) in [6, 6.07) is 10.4. The monoisotopic (exact) mass is 197 g/mol. The van der Waals surface area contributed by atoms with Crippen molar-refractivity contribution < 1.29 is 51.4 Å². The minimum Gasteiger partial charge on any atom is -0.189 e. The third-order valence-electron chi connectivity index (χ3n) is 1.35. The minimum absolute atomic E-state index is 0. The van der Waals surface area contributed by atoms with E-state index in [-0.39, 0.29) is 103 Å². The SMILES string of the molecule is C[C-](C)c1ccccc1.[K+].[K]. The van der Waals surface area contributed by atoms with Crippen LogP contribution in [0.5, 0.6) is 0 Å². The number of rotatable bonds is 1. The molecule has 0 aliphatic rings. The van der Waals surface area contributed by atoms with Gasteiger partial charge in [-0.25, -0.2) is 0 Å². The fraction of sp³-hybridized carbons (Fsp3) is 0.222. The van der Waals surface area contributed by atoms with Crippen LogP contribution in [-0.4, -0.2) is 51.4 Å². The first kappa shape index (κ1) is 15.8. The molecule has 0 saturated heterocycles. The van der Waals surface area contributed by atoms with E-state index in [2.05, 4.69) is 38.1 Å². The van der Waals surface area contributed by atoms with Crippen LogP contribution in [0, 0.1) is 5.92 Å². The first-order valence-electron chi connectivity index (χ1n) is 3.16. The van der Waals surface area contributed by atoms with E-state index in [1.807, 2.05) is 6.07 Å². The second-order valence-corrected chi connectivity index (χ2v) is 2.37. The van der Waals surface area contributed by atoms with Crippen LogP contribution in [0.25, 0.3) is 0 Å². The molecule has 0 aliphatic carbocycles. The first-order chi connectivity index (χ1) is 4.30. The Kier molecular flexibility index (Phi) is 12.9. The summed E-state index contributed by atoms with van der Waals surface area (Å²) in [5, 5.41) is 0. The van der Waals surface area contributed by atoms with Gasteiger partial charge < -0.3 is 0 Å². The third kappa shape index (κ3) is 6.44. The third-order valence-corrected chi connectivity index (χ3v) is 1.35. The minimum atomic E-state index is 0. The maximum absolute atomic E-state index is 2.12. The maximum atomic E-state index is 2.12. The molecule has 0 unspecified atom stereocenters. The number of hydrogen-bond acceptors (Lipinski definition) is 0. The van der Waals surface area contributed by atoms with E-state index < -0.39 is 0 Å². The second kappa shape index (κ2) is 8.94. The van der Waals surface area contributed by atoms with Gasteiger partial charge in [-0.1, -0.05) is 19.9 Å². The zero-order chi connectivity index (χ0) is 6.69. The molecule has 1 rings (SSSR count). The predicted molar refractivity (Wildman–Crippen MR) is 45.9 cm³/mol. The van der Waals surface area contributed by atoms with Gasteiger partial charge in [0.15, 0.2) is 0 Å². The molecule has 0 N–H and O–H groups in total. The first-order valence-corrected chi connectivity index (χ1v) is 3.16. The van der Waals surface area contributed by atoms with E-state index in [4.69, 9.17) is 0 Å². The molecule has 0 fully saturated rings. The number of benzene rings is 1. The molecule has 2 heteroatoms. The molecular formula is C9H11K2. The van der Waals surface area contributed by atoms with E-state index in [0.717, 1.165) is 0 Å². The fourth-order valence-corrected chi connectivity index (χ4v) is 0.771. The van der Waals surface area contributed by atoms with Gasteiger partial charge in [0.1, 0.15) is 0 Å². The molecule has 0 amide bonds. The van der Waals surface area contributed by atoms with Gasteiger partial charge in [-0.15, -0.1) is 12.1 Å². The molecule has 0 heterocycles. The molecule has 1 aromatic rings. The van der Waals surface area contributed by atoms with Gasteiger partial charge in [-0.3, -0.25) is 0 Å². The van der Waals surface area contributed by atoms with Crippen molar-refractivity contribution in [1.82, 2.24) is 0 Å². The summed E-state index contributed by atoms with van der Waals surface area (Å²) in [6.45, 7) is 4.24. The van der Waals surface area contributed by atoms with Crippen LogP contribution in [0.15, 0.2) is 30.3 Å². The Balaban J connectivity index is 0. The summed E-state index contributed by atoms with van der Waals surface area (Å²) < 4.78 is 0. The zero-order valence-corrected chi connectivity index (χ0v) is 14.1. The van der Waals surface area contributed by atoms with Gasteiger partial charge >= 0.3 is 51.4 Å². The van der Waals surface area contributed by atoms with Gasteiger partial charge in [0.25, 0.3) is 0 Å². The van der Waals surface area contributed by atoms with Crippen molar-refractivity contribution in [1.29, 1.82) is 0 Å². The van der Waals surface area contributed by atoms with Crippen LogP contribution in [0.1, 0.15) is 19.4 Å². The number of hydrogen-bond donors (Lipinski definition) is 0. The Hall–Kier alpha value is 2.36. The Morgan fingerprint density at radius 2 is 1.45 bits per heavy atom. The van der Waals surface area contributed by atoms with Crippen molar-refractivity contribution >= 4 is 51.4 Å². The standard InChI is InChI=1S/C9H11.2K/c1-8(2)9-6-4-3-5-7-9;;/h3-7H,1-2H3;;/q-1;;+1. The molecule has 0 bridgehead atoms. The Morgan fingerprint density at radius 3 is 1.73 bits per heavy atom. The van der Waals surface area contributed by atoms with Crippen molar-refractivity contribution in [3.8, 4) is 0 Å². The van der Waals surface area contributed by atoms with Crippen molar-refractivity contribution in [3.05, 3.63) is 41.8 Å².